The first-order valence-corrected chi connectivity index (χ1v) is 10.4. The molecule has 0 amide bonds. The Hall–Kier alpha value is -1.76. The van der Waals surface area contributed by atoms with E-state index in [2.05, 4.69) is 21.7 Å². The summed E-state index contributed by atoms with van der Waals surface area (Å²) >= 11 is 1.48. The van der Waals surface area contributed by atoms with E-state index in [4.69, 9.17) is 9.15 Å². The lowest BCUT2D eigenvalue weighted by molar-refractivity contribution is -0.137. The number of carbonyl (C=O) groups is 1. The summed E-state index contributed by atoms with van der Waals surface area (Å²) in [6, 6.07) is 4.09. The number of carbonyl (C=O) groups excluding carboxylic acids is 1. The normalized spacial score (nSPS) is 31.5. The maximum atomic E-state index is 11.9. The molecule has 138 valence electrons. The topological polar surface area (TPSA) is 70.2 Å². The number of hydrogen-bond donors (Lipinski definition) is 0. The van der Waals surface area contributed by atoms with Crippen molar-refractivity contribution in [3.05, 3.63) is 18.4 Å². The number of fused-ring (bicyclic) bond motifs is 2. The van der Waals surface area contributed by atoms with Gasteiger partial charge < -0.3 is 9.15 Å². The summed E-state index contributed by atoms with van der Waals surface area (Å²) in [5.41, 5.74) is 0. The summed E-state index contributed by atoms with van der Waals surface area (Å²) in [7, 11) is 0. The first-order valence-electron chi connectivity index (χ1n) is 9.52. The SMILES string of the molecule is CC(C1CC2CCC1C2)n1c(SC2CCOC2=O)nnc1-c1ccco1. The maximum Gasteiger partial charge on any atom is 0.319 e. The molecule has 5 atom stereocenters. The highest BCUT2D eigenvalue weighted by Gasteiger charge is 2.43. The molecule has 5 unspecified atom stereocenters. The second-order valence-electron chi connectivity index (χ2n) is 7.80. The third kappa shape index (κ3) is 2.68. The van der Waals surface area contributed by atoms with Crippen molar-refractivity contribution in [1.82, 2.24) is 14.8 Å². The number of furan rings is 1. The van der Waals surface area contributed by atoms with Crippen LogP contribution in [0, 0.1) is 17.8 Å². The number of rotatable bonds is 5. The summed E-state index contributed by atoms with van der Waals surface area (Å²) in [6.45, 7) is 2.77. The Bertz CT molecular complexity index is 803. The maximum absolute atomic E-state index is 11.9. The molecule has 26 heavy (non-hydrogen) atoms. The summed E-state index contributed by atoms with van der Waals surface area (Å²) in [6.07, 6.45) is 7.78. The molecule has 1 aliphatic heterocycles. The van der Waals surface area contributed by atoms with Crippen molar-refractivity contribution in [3.63, 3.8) is 0 Å². The van der Waals surface area contributed by atoms with Crippen LogP contribution in [0.25, 0.3) is 11.6 Å². The van der Waals surface area contributed by atoms with E-state index >= 15 is 0 Å². The highest BCUT2D eigenvalue weighted by molar-refractivity contribution is 8.00. The minimum Gasteiger partial charge on any atom is -0.465 e. The van der Waals surface area contributed by atoms with Crippen LogP contribution >= 0.6 is 11.8 Å². The molecule has 7 heteroatoms. The molecule has 6 nitrogen and oxygen atoms in total. The first kappa shape index (κ1) is 16.4. The molecule has 0 spiro atoms. The molecular formula is C19H23N3O3S. The van der Waals surface area contributed by atoms with Crippen LogP contribution in [-0.2, 0) is 9.53 Å². The van der Waals surface area contributed by atoms with Crippen LogP contribution in [0.3, 0.4) is 0 Å². The van der Waals surface area contributed by atoms with Crippen LogP contribution in [0.4, 0.5) is 0 Å². The van der Waals surface area contributed by atoms with Gasteiger partial charge in [-0.25, -0.2) is 0 Å². The average molecular weight is 373 g/mol. The summed E-state index contributed by atoms with van der Waals surface area (Å²) < 4.78 is 12.9. The molecule has 2 saturated carbocycles. The van der Waals surface area contributed by atoms with E-state index in [1.807, 2.05) is 12.1 Å². The Labute approximate surface area is 156 Å². The predicted octanol–water partition coefficient (Wildman–Crippen LogP) is 3.94. The van der Waals surface area contributed by atoms with E-state index in [-0.39, 0.29) is 11.2 Å². The lowest BCUT2D eigenvalue weighted by atomic mass is 9.84. The number of hydrogen-bond acceptors (Lipinski definition) is 6. The highest BCUT2D eigenvalue weighted by atomic mass is 32.2. The second-order valence-corrected chi connectivity index (χ2v) is 8.97. The fourth-order valence-corrected chi connectivity index (χ4v) is 6.17. The molecule has 2 aromatic rings. The average Bonchev–Trinajstić information content (AvgIpc) is 3.44. The lowest BCUT2D eigenvalue weighted by Crippen LogP contribution is -2.24. The summed E-state index contributed by atoms with van der Waals surface area (Å²) in [4.78, 5) is 11.9. The van der Waals surface area contributed by atoms with E-state index in [9.17, 15) is 4.79 Å². The van der Waals surface area contributed by atoms with Gasteiger partial charge in [0.25, 0.3) is 0 Å². The minimum atomic E-state index is -0.186. The molecule has 1 saturated heterocycles. The van der Waals surface area contributed by atoms with Crippen molar-refractivity contribution < 1.29 is 13.9 Å². The fraction of sp³-hybridized carbons (Fsp3) is 0.632. The van der Waals surface area contributed by atoms with Crippen LogP contribution in [0.1, 0.15) is 45.1 Å². The molecule has 3 aliphatic rings. The largest absolute Gasteiger partial charge is 0.465 e. The molecule has 5 rings (SSSR count). The third-order valence-electron chi connectivity index (χ3n) is 6.36. The molecule has 3 fully saturated rings. The van der Waals surface area contributed by atoms with Crippen LogP contribution < -0.4 is 0 Å². The van der Waals surface area contributed by atoms with Gasteiger partial charge in [0, 0.05) is 12.5 Å². The molecule has 2 bridgehead atoms. The third-order valence-corrected chi connectivity index (χ3v) is 7.56. The van der Waals surface area contributed by atoms with Gasteiger partial charge in [-0.3, -0.25) is 9.36 Å². The van der Waals surface area contributed by atoms with E-state index in [0.29, 0.717) is 18.6 Å². The standard InChI is InChI=1S/C19H23N3O3S/c1-11(14-10-12-4-5-13(14)9-12)22-17(15-3-2-7-24-15)20-21-19(22)26-16-6-8-25-18(16)23/h2-3,7,11-14,16H,4-6,8-10H2,1H3. The Morgan fingerprint density at radius 1 is 1.27 bits per heavy atom. The van der Waals surface area contributed by atoms with Crippen LogP contribution in [0.2, 0.25) is 0 Å². The number of esters is 1. The number of cyclic esters (lactones) is 1. The zero-order valence-corrected chi connectivity index (χ0v) is 15.7. The molecule has 2 aromatic heterocycles. The zero-order valence-electron chi connectivity index (χ0n) is 14.8. The van der Waals surface area contributed by atoms with Gasteiger partial charge >= 0.3 is 5.97 Å². The highest BCUT2D eigenvalue weighted by Crippen LogP contribution is 2.53. The van der Waals surface area contributed by atoms with Crippen molar-refractivity contribution >= 4 is 17.7 Å². The molecule has 2 aliphatic carbocycles. The first-order chi connectivity index (χ1) is 12.7. The zero-order chi connectivity index (χ0) is 17.7. The van der Waals surface area contributed by atoms with Crippen molar-refractivity contribution in [1.29, 1.82) is 0 Å². The van der Waals surface area contributed by atoms with Gasteiger partial charge in [0.1, 0.15) is 5.25 Å². The fourth-order valence-electron chi connectivity index (χ4n) is 5.09. The van der Waals surface area contributed by atoms with E-state index in [1.54, 1.807) is 6.26 Å². The Kier molecular flexibility index (Phi) is 4.07. The number of aromatic nitrogens is 3. The van der Waals surface area contributed by atoms with Gasteiger partial charge in [0.05, 0.1) is 12.9 Å². The van der Waals surface area contributed by atoms with Crippen LogP contribution in [0.15, 0.2) is 28.0 Å². The minimum absolute atomic E-state index is 0.142. The summed E-state index contributed by atoms with van der Waals surface area (Å²) in [5, 5.41) is 9.48. The monoisotopic (exact) mass is 373 g/mol. The van der Waals surface area contributed by atoms with Crippen LogP contribution in [-0.4, -0.2) is 32.6 Å². The van der Waals surface area contributed by atoms with Crippen molar-refractivity contribution in [2.45, 2.75) is 55.5 Å². The molecule has 0 N–H and O–H groups in total. The molecule has 0 radical (unpaired) electrons. The van der Waals surface area contributed by atoms with Crippen molar-refractivity contribution in [2.75, 3.05) is 6.61 Å². The quantitative estimate of drug-likeness (QED) is 0.739. The van der Waals surface area contributed by atoms with Gasteiger partial charge in [-0.2, -0.15) is 0 Å². The molecular weight excluding hydrogens is 350 g/mol. The molecule has 0 aromatic carbocycles. The number of ether oxygens (including phenoxy) is 1. The van der Waals surface area contributed by atoms with Gasteiger partial charge in [0.15, 0.2) is 10.9 Å². The van der Waals surface area contributed by atoms with E-state index in [1.165, 1.54) is 37.4 Å². The van der Waals surface area contributed by atoms with Gasteiger partial charge in [-0.1, -0.05) is 18.2 Å². The lowest BCUT2D eigenvalue weighted by Gasteiger charge is -2.30. The van der Waals surface area contributed by atoms with Gasteiger partial charge in [-0.15, -0.1) is 10.2 Å². The molecule has 3 heterocycles. The predicted molar refractivity (Wildman–Crippen MR) is 96.6 cm³/mol. The number of thioether (sulfide) groups is 1. The van der Waals surface area contributed by atoms with Crippen molar-refractivity contribution in [3.8, 4) is 11.6 Å². The summed E-state index contributed by atoms with van der Waals surface area (Å²) in [5.74, 6) is 3.69. The van der Waals surface area contributed by atoms with Crippen molar-refractivity contribution in [2.24, 2.45) is 17.8 Å². The Balaban J connectivity index is 1.50. The number of nitrogens with zero attached hydrogens (tertiary/aromatic N) is 3. The van der Waals surface area contributed by atoms with Gasteiger partial charge in [0.2, 0.25) is 5.82 Å². The van der Waals surface area contributed by atoms with E-state index in [0.717, 1.165) is 35.0 Å². The Morgan fingerprint density at radius 2 is 2.19 bits per heavy atom. The van der Waals surface area contributed by atoms with Crippen LogP contribution in [0.5, 0.6) is 0 Å². The van der Waals surface area contributed by atoms with E-state index < -0.39 is 0 Å². The second kappa shape index (κ2) is 6.44. The van der Waals surface area contributed by atoms with Gasteiger partial charge in [-0.05, 0) is 56.1 Å². The smallest absolute Gasteiger partial charge is 0.319 e. The Morgan fingerprint density at radius 3 is 2.85 bits per heavy atom.